The fourth-order valence-corrected chi connectivity index (χ4v) is 2.78. The van der Waals surface area contributed by atoms with Crippen LogP contribution in [0.25, 0.3) is 0 Å². The van der Waals surface area contributed by atoms with Gasteiger partial charge in [0.1, 0.15) is 11.6 Å². The Bertz CT molecular complexity index is 732. The molecule has 2 aromatic carbocycles. The van der Waals surface area contributed by atoms with Crippen molar-refractivity contribution in [3.63, 3.8) is 0 Å². The molecule has 0 fully saturated rings. The standard InChI is InChI=1S/C19H20FNO3/c20-16-4-2-1-3-13(16)6-8-19(23)21-12-17(22)14-5-7-18-15(11-14)9-10-24-18/h1-5,7,11,17,22H,6,8-10,12H2,(H,21,23). The average molecular weight is 329 g/mol. The summed E-state index contributed by atoms with van der Waals surface area (Å²) in [7, 11) is 0. The molecule has 0 bridgehead atoms. The molecular weight excluding hydrogens is 309 g/mol. The van der Waals surface area contributed by atoms with Crippen molar-refractivity contribution >= 4 is 5.91 Å². The van der Waals surface area contributed by atoms with Gasteiger partial charge in [0.2, 0.25) is 5.91 Å². The largest absolute Gasteiger partial charge is 0.493 e. The van der Waals surface area contributed by atoms with E-state index in [4.69, 9.17) is 4.74 Å². The average Bonchev–Trinajstić information content (AvgIpc) is 3.06. The molecule has 0 radical (unpaired) electrons. The van der Waals surface area contributed by atoms with Gasteiger partial charge in [-0.15, -0.1) is 0 Å². The summed E-state index contributed by atoms with van der Waals surface area (Å²) in [4.78, 5) is 11.9. The van der Waals surface area contributed by atoms with E-state index in [9.17, 15) is 14.3 Å². The first-order valence-electron chi connectivity index (χ1n) is 8.07. The highest BCUT2D eigenvalue weighted by Crippen LogP contribution is 2.28. The smallest absolute Gasteiger partial charge is 0.220 e. The van der Waals surface area contributed by atoms with Crippen LogP contribution in [-0.2, 0) is 17.6 Å². The van der Waals surface area contributed by atoms with Gasteiger partial charge >= 0.3 is 0 Å². The molecule has 0 saturated carbocycles. The Morgan fingerprint density at radius 2 is 2.12 bits per heavy atom. The van der Waals surface area contributed by atoms with E-state index < -0.39 is 6.10 Å². The lowest BCUT2D eigenvalue weighted by Crippen LogP contribution is -2.28. The number of fused-ring (bicyclic) bond motifs is 1. The third-order valence-electron chi connectivity index (χ3n) is 4.17. The molecule has 4 nitrogen and oxygen atoms in total. The number of rotatable bonds is 6. The number of aliphatic hydroxyl groups excluding tert-OH is 1. The molecule has 0 aromatic heterocycles. The van der Waals surface area contributed by atoms with Crippen molar-refractivity contribution in [1.82, 2.24) is 5.32 Å². The lowest BCUT2D eigenvalue weighted by molar-refractivity contribution is -0.121. The first-order valence-corrected chi connectivity index (χ1v) is 8.07. The predicted molar refractivity (Wildman–Crippen MR) is 88.3 cm³/mol. The molecule has 1 aliphatic heterocycles. The number of aliphatic hydroxyl groups is 1. The minimum Gasteiger partial charge on any atom is -0.493 e. The third kappa shape index (κ3) is 3.92. The van der Waals surface area contributed by atoms with Crippen LogP contribution in [0.2, 0.25) is 0 Å². The molecule has 2 aromatic rings. The van der Waals surface area contributed by atoms with E-state index in [0.717, 1.165) is 23.3 Å². The molecular formula is C19H20FNO3. The van der Waals surface area contributed by atoms with Crippen LogP contribution in [0.4, 0.5) is 4.39 Å². The summed E-state index contributed by atoms with van der Waals surface area (Å²) in [5.41, 5.74) is 2.36. The molecule has 0 aliphatic carbocycles. The molecule has 1 atom stereocenters. The van der Waals surface area contributed by atoms with Crippen LogP contribution in [0.5, 0.6) is 5.75 Å². The topological polar surface area (TPSA) is 58.6 Å². The normalized spacial score (nSPS) is 13.9. The molecule has 0 spiro atoms. The van der Waals surface area contributed by atoms with Gasteiger partial charge in [-0.3, -0.25) is 4.79 Å². The number of benzene rings is 2. The van der Waals surface area contributed by atoms with Gasteiger partial charge in [-0.05, 0) is 41.3 Å². The van der Waals surface area contributed by atoms with Crippen LogP contribution >= 0.6 is 0 Å². The van der Waals surface area contributed by atoms with Crippen molar-refractivity contribution in [2.24, 2.45) is 0 Å². The molecule has 126 valence electrons. The molecule has 1 heterocycles. The Morgan fingerprint density at radius 3 is 2.96 bits per heavy atom. The fraction of sp³-hybridized carbons (Fsp3) is 0.316. The number of nitrogens with one attached hydrogen (secondary N) is 1. The quantitative estimate of drug-likeness (QED) is 0.856. The van der Waals surface area contributed by atoms with Crippen molar-refractivity contribution in [1.29, 1.82) is 0 Å². The predicted octanol–water partition coefficient (Wildman–Crippen LogP) is 2.54. The van der Waals surface area contributed by atoms with Gasteiger partial charge in [-0.25, -0.2) is 4.39 Å². The van der Waals surface area contributed by atoms with Gasteiger partial charge < -0.3 is 15.2 Å². The van der Waals surface area contributed by atoms with Gasteiger partial charge in [-0.1, -0.05) is 24.3 Å². The van der Waals surface area contributed by atoms with Crippen molar-refractivity contribution in [2.45, 2.75) is 25.4 Å². The molecule has 1 aliphatic rings. The van der Waals surface area contributed by atoms with Gasteiger partial charge in [0.05, 0.1) is 12.7 Å². The second kappa shape index (κ2) is 7.45. The molecule has 1 unspecified atom stereocenters. The highest BCUT2D eigenvalue weighted by Gasteiger charge is 2.16. The van der Waals surface area contributed by atoms with E-state index in [1.807, 2.05) is 12.1 Å². The second-order valence-electron chi connectivity index (χ2n) is 5.88. The number of carbonyl (C=O) groups is 1. The van der Waals surface area contributed by atoms with Crippen LogP contribution in [-0.4, -0.2) is 24.2 Å². The number of carbonyl (C=O) groups excluding carboxylic acids is 1. The molecule has 1 amide bonds. The first-order chi connectivity index (χ1) is 11.6. The molecule has 5 heteroatoms. The maximum atomic E-state index is 13.5. The Hall–Kier alpha value is -2.40. The SMILES string of the molecule is O=C(CCc1ccccc1F)NCC(O)c1ccc2c(c1)CCO2. The minimum atomic E-state index is -0.770. The minimum absolute atomic E-state index is 0.135. The van der Waals surface area contributed by atoms with Crippen LogP contribution in [0.3, 0.4) is 0 Å². The molecule has 2 N–H and O–H groups in total. The Kier molecular flexibility index (Phi) is 5.11. The number of ether oxygens (including phenoxy) is 1. The number of amides is 1. The van der Waals surface area contributed by atoms with E-state index in [1.54, 1.807) is 24.3 Å². The van der Waals surface area contributed by atoms with Crippen LogP contribution in [0, 0.1) is 5.82 Å². The highest BCUT2D eigenvalue weighted by atomic mass is 19.1. The zero-order chi connectivity index (χ0) is 16.9. The van der Waals surface area contributed by atoms with Crippen LogP contribution in [0.1, 0.15) is 29.2 Å². The summed E-state index contributed by atoms with van der Waals surface area (Å²) in [6.07, 6.45) is 0.592. The van der Waals surface area contributed by atoms with E-state index in [-0.39, 0.29) is 24.7 Å². The van der Waals surface area contributed by atoms with E-state index >= 15 is 0 Å². The zero-order valence-electron chi connectivity index (χ0n) is 13.3. The van der Waals surface area contributed by atoms with Crippen LogP contribution in [0.15, 0.2) is 42.5 Å². The number of hydrogen-bond donors (Lipinski definition) is 2. The van der Waals surface area contributed by atoms with E-state index in [0.29, 0.717) is 18.6 Å². The molecule has 24 heavy (non-hydrogen) atoms. The first kappa shape index (κ1) is 16.5. The van der Waals surface area contributed by atoms with Gasteiger partial charge in [0.25, 0.3) is 0 Å². The summed E-state index contributed by atoms with van der Waals surface area (Å²) >= 11 is 0. The maximum absolute atomic E-state index is 13.5. The summed E-state index contributed by atoms with van der Waals surface area (Å²) in [5, 5.41) is 12.9. The van der Waals surface area contributed by atoms with Crippen LogP contribution < -0.4 is 10.1 Å². The van der Waals surface area contributed by atoms with Gasteiger partial charge in [-0.2, -0.15) is 0 Å². The van der Waals surface area contributed by atoms with E-state index in [2.05, 4.69) is 5.32 Å². The van der Waals surface area contributed by atoms with Gasteiger partial charge in [0, 0.05) is 19.4 Å². The summed E-state index contributed by atoms with van der Waals surface area (Å²) in [6, 6.07) is 12.0. The summed E-state index contributed by atoms with van der Waals surface area (Å²) in [6.45, 7) is 0.803. The van der Waals surface area contributed by atoms with Crippen molar-refractivity contribution in [3.8, 4) is 5.75 Å². The lowest BCUT2D eigenvalue weighted by Gasteiger charge is -2.13. The summed E-state index contributed by atoms with van der Waals surface area (Å²) < 4.78 is 18.9. The lowest BCUT2D eigenvalue weighted by atomic mass is 10.0. The van der Waals surface area contributed by atoms with Crippen molar-refractivity contribution in [3.05, 3.63) is 65.0 Å². The monoisotopic (exact) mass is 329 g/mol. The molecule has 0 saturated heterocycles. The van der Waals surface area contributed by atoms with Crippen molar-refractivity contribution < 1.29 is 19.0 Å². The highest BCUT2D eigenvalue weighted by molar-refractivity contribution is 5.76. The fourth-order valence-electron chi connectivity index (χ4n) is 2.78. The van der Waals surface area contributed by atoms with Gasteiger partial charge in [0.15, 0.2) is 0 Å². The molecule has 3 rings (SSSR count). The third-order valence-corrected chi connectivity index (χ3v) is 4.17. The maximum Gasteiger partial charge on any atom is 0.220 e. The van der Waals surface area contributed by atoms with E-state index in [1.165, 1.54) is 6.07 Å². The summed E-state index contributed by atoms with van der Waals surface area (Å²) in [5.74, 6) is 0.354. The number of halogens is 1. The number of aryl methyl sites for hydroxylation is 1. The van der Waals surface area contributed by atoms with Crippen molar-refractivity contribution in [2.75, 3.05) is 13.2 Å². The Balaban J connectivity index is 1.48. The Morgan fingerprint density at radius 1 is 1.29 bits per heavy atom. The second-order valence-corrected chi connectivity index (χ2v) is 5.88. The Labute approximate surface area is 140 Å². The number of hydrogen-bond acceptors (Lipinski definition) is 3. The zero-order valence-corrected chi connectivity index (χ0v) is 13.3.